The van der Waals surface area contributed by atoms with Crippen LogP contribution < -0.4 is 15.8 Å². The van der Waals surface area contributed by atoms with Crippen LogP contribution in [0.3, 0.4) is 0 Å². The number of nitrogen functional groups attached to an aromatic ring is 1. The van der Waals surface area contributed by atoms with E-state index < -0.39 is 69.3 Å². The summed E-state index contributed by atoms with van der Waals surface area (Å²) in [7, 11) is -8.81. The van der Waals surface area contributed by atoms with Crippen LogP contribution >= 0.6 is 0 Å². The first-order chi connectivity index (χ1) is 15.8. The molecule has 0 aliphatic carbocycles. The van der Waals surface area contributed by atoms with Gasteiger partial charge in [-0.1, -0.05) is 13.8 Å². The third-order valence-corrected chi connectivity index (χ3v) is 5.22. The minimum absolute atomic E-state index is 0.0508. The average Bonchev–Trinajstić information content (AvgIpc) is 3.15. The van der Waals surface area contributed by atoms with Gasteiger partial charge in [-0.25, -0.2) is 8.42 Å². The van der Waals surface area contributed by atoms with Crippen molar-refractivity contribution in [2.75, 3.05) is 38.1 Å². The monoisotopic (exact) mass is 379 g/mol. The minimum Gasteiger partial charge on any atom is -0.496 e. The van der Waals surface area contributed by atoms with E-state index >= 15 is 0 Å². The molecule has 8 heteroatoms. The molecule has 1 fully saturated rings. The third kappa shape index (κ3) is 4.24. The van der Waals surface area contributed by atoms with Crippen LogP contribution in [0.25, 0.3) is 0 Å². The maximum absolute atomic E-state index is 13.1. The fourth-order valence-corrected chi connectivity index (χ4v) is 3.50. The van der Waals surface area contributed by atoms with Gasteiger partial charge in [0.15, 0.2) is 9.84 Å². The number of ether oxygens (including phenoxy) is 1. The Morgan fingerprint density at radius 2 is 2.40 bits per heavy atom. The smallest absolute Gasteiger partial charge is 0.255 e. The number of hydrogen-bond acceptors (Lipinski definition) is 6. The highest BCUT2D eigenvalue weighted by Gasteiger charge is 2.25. The molecule has 1 heterocycles. The number of hydrogen-bond donors (Lipinski definition) is 2. The molecule has 140 valence electrons. The van der Waals surface area contributed by atoms with E-state index in [4.69, 9.17) is 24.2 Å². The zero-order chi connectivity index (χ0) is 27.1. The number of carbonyl (C=O) groups excluding carboxylic acids is 1. The Labute approximate surface area is 163 Å². The van der Waals surface area contributed by atoms with Gasteiger partial charge in [-0.3, -0.25) is 9.69 Å². The van der Waals surface area contributed by atoms with Crippen LogP contribution in [0.2, 0.25) is 0 Å². The molecule has 0 radical (unpaired) electrons. The number of benzene rings is 1. The first kappa shape index (κ1) is 9.78. The lowest BCUT2D eigenvalue weighted by Gasteiger charge is -2.23. The SMILES string of the molecule is [2H]c1c(N)c(S(=O)(=O)C([2H])([2H])C([2H])([2H])[2H])c([2H])c(C(=O)NCC2CCCN2CC)c1OC([2H])([2H])[2H]. The molecule has 1 saturated heterocycles. The quantitative estimate of drug-likeness (QED) is 0.692. The predicted octanol–water partition coefficient (Wildman–Crippen LogP) is 1.29. The van der Waals surface area contributed by atoms with Crippen LogP contribution in [-0.2, 0) is 9.84 Å². The fraction of sp³-hybridized carbons (Fsp3) is 0.588. The number of nitrogens with one attached hydrogen (secondary N) is 1. The summed E-state index contributed by atoms with van der Waals surface area (Å²) in [6.45, 7) is -0.250. The zero-order valence-electron chi connectivity index (χ0n) is 23.7. The zero-order valence-corrected chi connectivity index (χ0v) is 14.5. The van der Waals surface area contributed by atoms with Crippen molar-refractivity contribution < 1.29 is 31.7 Å². The lowest BCUT2D eigenvalue weighted by Crippen LogP contribution is -2.40. The maximum atomic E-state index is 13.1. The molecule has 3 N–H and O–H groups in total. The number of likely N-dealkylation sites (tertiary alicyclic amines) is 1. The van der Waals surface area contributed by atoms with E-state index in [1.807, 2.05) is 6.92 Å². The van der Waals surface area contributed by atoms with Gasteiger partial charge < -0.3 is 15.8 Å². The molecule has 0 bridgehead atoms. The molecule has 2 rings (SSSR count). The molecule has 7 nitrogen and oxygen atoms in total. The van der Waals surface area contributed by atoms with Gasteiger partial charge in [0.2, 0.25) is 0 Å². The van der Waals surface area contributed by atoms with Gasteiger partial charge >= 0.3 is 0 Å². The molecule has 1 unspecified atom stereocenters. The maximum Gasteiger partial charge on any atom is 0.255 e. The number of likely N-dealkylation sites (N-methyl/N-ethyl adjacent to an activating group) is 1. The van der Waals surface area contributed by atoms with Crippen LogP contribution in [0.1, 0.15) is 50.7 Å². The largest absolute Gasteiger partial charge is 0.496 e. The molecule has 1 aliphatic heterocycles. The second-order valence-electron chi connectivity index (χ2n) is 5.54. The van der Waals surface area contributed by atoms with Crippen LogP contribution in [0.5, 0.6) is 5.75 Å². The first-order valence-electron chi connectivity index (χ1n) is 12.7. The Hall–Kier alpha value is -1.80. The number of nitrogens with zero attached hydrogens (tertiary/aromatic N) is 1. The van der Waals surface area contributed by atoms with Crippen LogP contribution in [0.4, 0.5) is 5.69 Å². The summed E-state index contributed by atoms with van der Waals surface area (Å²) in [5.74, 6) is -2.16. The van der Waals surface area contributed by atoms with Crippen molar-refractivity contribution in [1.82, 2.24) is 10.2 Å². The van der Waals surface area contributed by atoms with E-state index in [9.17, 15) is 13.2 Å². The predicted molar refractivity (Wildman–Crippen MR) is 97.7 cm³/mol. The van der Waals surface area contributed by atoms with Gasteiger partial charge in [0.1, 0.15) is 5.75 Å². The topological polar surface area (TPSA) is 102 Å². The number of amides is 1. The summed E-state index contributed by atoms with van der Waals surface area (Å²) in [6.07, 6.45) is 1.61. The molecule has 1 atom stereocenters. The average molecular weight is 380 g/mol. The van der Waals surface area contributed by atoms with Gasteiger partial charge in [0.05, 0.1) is 35.7 Å². The van der Waals surface area contributed by atoms with Crippen molar-refractivity contribution in [3.8, 4) is 5.75 Å². The van der Waals surface area contributed by atoms with E-state index in [1.54, 1.807) is 0 Å². The second kappa shape index (κ2) is 8.05. The Balaban J connectivity index is 2.71. The summed E-state index contributed by atoms with van der Waals surface area (Å²) in [6, 6.07) is -2.47. The Morgan fingerprint density at radius 3 is 3.08 bits per heavy atom. The van der Waals surface area contributed by atoms with E-state index in [0.717, 1.165) is 19.4 Å². The molecule has 0 aromatic heterocycles. The molecule has 1 aromatic rings. The molecule has 0 spiro atoms. The van der Waals surface area contributed by atoms with Crippen molar-refractivity contribution in [2.24, 2.45) is 0 Å². The van der Waals surface area contributed by atoms with Crippen molar-refractivity contribution in [1.29, 1.82) is 0 Å². The van der Waals surface area contributed by atoms with Crippen LogP contribution in [-0.4, -0.2) is 57.6 Å². The number of nitrogens with two attached hydrogens (primary N) is 1. The molecule has 1 aromatic carbocycles. The van der Waals surface area contributed by atoms with Gasteiger partial charge in [-0.15, -0.1) is 0 Å². The number of carbonyl (C=O) groups is 1. The summed E-state index contributed by atoms with van der Waals surface area (Å²) in [4.78, 5) is 13.7. The van der Waals surface area contributed by atoms with Gasteiger partial charge in [-0.2, -0.15) is 0 Å². The van der Waals surface area contributed by atoms with Crippen LogP contribution in [0, 0.1) is 0 Å². The molecule has 1 aliphatic rings. The lowest BCUT2D eigenvalue weighted by molar-refractivity contribution is 0.0938. The lowest BCUT2D eigenvalue weighted by atomic mass is 10.1. The van der Waals surface area contributed by atoms with E-state index in [-0.39, 0.29) is 12.6 Å². The van der Waals surface area contributed by atoms with Crippen LogP contribution in [0.15, 0.2) is 17.0 Å². The molecular formula is C17H27N3O4S. The molecule has 25 heavy (non-hydrogen) atoms. The van der Waals surface area contributed by atoms with E-state index in [1.165, 1.54) is 0 Å². The van der Waals surface area contributed by atoms with Crippen molar-refractivity contribution in [3.63, 3.8) is 0 Å². The minimum atomic E-state index is -5.59. The molecule has 0 saturated carbocycles. The fourth-order valence-electron chi connectivity index (χ4n) is 2.82. The number of anilines is 1. The Morgan fingerprint density at radius 1 is 1.60 bits per heavy atom. The summed E-state index contributed by atoms with van der Waals surface area (Å²) < 4.78 is 106. The van der Waals surface area contributed by atoms with Gasteiger partial charge in [0, 0.05) is 25.5 Å². The van der Waals surface area contributed by atoms with Crippen molar-refractivity contribution in [2.45, 2.75) is 37.6 Å². The summed E-state index contributed by atoms with van der Waals surface area (Å²) >= 11 is 0. The first-order valence-corrected chi connectivity index (χ1v) is 9.14. The normalized spacial score (nSPS) is 25.7. The van der Waals surface area contributed by atoms with E-state index in [0.29, 0.717) is 6.54 Å². The Kier molecular flexibility index (Phi) is 3.15. The third-order valence-electron chi connectivity index (χ3n) is 4.09. The van der Waals surface area contributed by atoms with Crippen molar-refractivity contribution >= 4 is 21.4 Å². The molecular weight excluding hydrogens is 342 g/mol. The highest BCUT2D eigenvalue weighted by atomic mass is 32.2. The van der Waals surface area contributed by atoms with Crippen molar-refractivity contribution in [3.05, 3.63) is 17.6 Å². The second-order valence-corrected chi connectivity index (χ2v) is 7.16. The van der Waals surface area contributed by atoms with E-state index in [2.05, 4.69) is 10.2 Å². The standard InChI is InChI=1S/C17H27N3O4S/c1-4-20-8-6-7-12(20)11-19-17(21)13-9-16(25(22,23)5-2)14(18)10-15(13)24-3/h9-10,12H,4-8,11,18H2,1-3H3,(H,19,21)/i2D3,3D3,5D2,9D,10D. The van der Waals surface area contributed by atoms with Gasteiger partial charge in [-0.05, 0) is 32.0 Å². The molecule has 1 amide bonds. The number of rotatable bonds is 7. The number of sulfone groups is 1. The highest BCUT2D eigenvalue weighted by molar-refractivity contribution is 7.91. The highest BCUT2D eigenvalue weighted by Crippen LogP contribution is 2.29. The Bertz CT molecular complexity index is 1090. The van der Waals surface area contributed by atoms with Gasteiger partial charge in [0.25, 0.3) is 5.91 Å². The summed E-state index contributed by atoms with van der Waals surface area (Å²) in [5, 5.41) is 2.48. The summed E-state index contributed by atoms with van der Waals surface area (Å²) in [5.41, 5.74) is -0.377. The number of methoxy groups -OCH3 is 1.